The Kier molecular flexibility index (Phi) is 2.63. The lowest BCUT2D eigenvalue weighted by molar-refractivity contribution is 1.17. The monoisotopic (exact) mass is 239 g/mol. The third kappa shape index (κ3) is 2.07. The van der Waals surface area contributed by atoms with Crippen LogP contribution in [0, 0.1) is 0 Å². The summed E-state index contributed by atoms with van der Waals surface area (Å²) in [5.74, 6) is 0. The van der Waals surface area contributed by atoms with Gasteiger partial charge in [-0.05, 0) is 24.3 Å². The number of hydrogen-bond acceptors (Lipinski definition) is 4. The van der Waals surface area contributed by atoms with E-state index in [4.69, 9.17) is 0 Å². The standard InChI is InChI=1S/C13H9N3S/c1-2-6-16-11(3-1)13-5-4-12(17-13)10-7-14-9-15-8-10/h1-9H. The zero-order valence-electron chi connectivity index (χ0n) is 8.95. The van der Waals surface area contributed by atoms with Gasteiger partial charge in [0.1, 0.15) is 6.33 Å². The van der Waals surface area contributed by atoms with Gasteiger partial charge in [0.2, 0.25) is 0 Å². The Bertz CT molecular complexity index is 551. The van der Waals surface area contributed by atoms with Gasteiger partial charge in [-0.2, -0.15) is 0 Å². The van der Waals surface area contributed by atoms with E-state index in [2.05, 4.69) is 27.1 Å². The van der Waals surface area contributed by atoms with Gasteiger partial charge < -0.3 is 0 Å². The molecular weight excluding hydrogens is 230 g/mol. The van der Waals surface area contributed by atoms with E-state index in [1.165, 1.54) is 6.33 Å². The molecule has 3 aromatic heterocycles. The highest BCUT2D eigenvalue weighted by molar-refractivity contribution is 7.18. The van der Waals surface area contributed by atoms with Crippen molar-refractivity contribution in [2.75, 3.05) is 0 Å². The summed E-state index contributed by atoms with van der Waals surface area (Å²) in [6.45, 7) is 0. The van der Waals surface area contributed by atoms with E-state index in [1.807, 2.05) is 30.6 Å². The Morgan fingerprint density at radius 3 is 2.47 bits per heavy atom. The van der Waals surface area contributed by atoms with Gasteiger partial charge in [0.05, 0.1) is 10.6 Å². The van der Waals surface area contributed by atoms with Crippen LogP contribution in [0.5, 0.6) is 0 Å². The van der Waals surface area contributed by atoms with Crippen molar-refractivity contribution >= 4 is 11.3 Å². The van der Waals surface area contributed by atoms with Gasteiger partial charge in [0, 0.05) is 29.0 Å². The number of pyridine rings is 1. The fourth-order valence-electron chi connectivity index (χ4n) is 1.57. The number of aromatic nitrogens is 3. The van der Waals surface area contributed by atoms with Crippen LogP contribution in [0.3, 0.4) is 0 Å². The zero-order chi connectivity index (χ0) is 11.5. The number of nitrogens with zero attached hydrogens (tertiary/aromatic N) is 3. The Balaban J connectivity index is 1.99. The molecule has 0 N–H and O–H groups in total. The maximum Gasteiger partial charge on any atom is 0.115 e. The minimum atomic E-state index is 1.00. The Hall–Kier alpha value is -2.07. The average Bonchev–Trinajstić information content (AvgIpc) is 2.90. The van der Waals surface area contributed by atoms with Gasteiger partial charge in [-0.25, -0.2) is 9.97 Å². The second kappa shape index (κ2) is 4.43. The second-order valence-electron chi connectivity index (χ2n) is 3.51. The van der Waals surface area contributed by atoms with Gasteiger partial charge in [0.25, 0.3) is 0 Å². The molecule has 0 amide bonds. The van der Waals surface area contributed by atoms with Crippen LogP contribution in [0.15, 0.2) is 55.2 Å². The molecule has 0 bridgehead atoms. The predicted molar refractivity (Wildman–Crippen MR) is 68.6 cm³/mol. The van der Waals surface area contributed by atoms with Crippen molar-refractivity contribution < 1.29 is 0 Å². The molecular formula is C13H9N3S. The molecule has 17 heavy (non-hydrogen) atoms. The topological polar surface area (TPSA) is 38.7 Å². The van der Waals surface area contributed by atoms with Crippen LogP contribution in [0.1, 0.15) is 0 Å². The summed E-state index contributed by atoms with van der Waals surface area (Å²) in [6.07, 6.45) is 6.99. The fraction of sp³-hybridized carbons (Fsp3) is 0. The average molecular weight is 239 g/mol. The van der Waals surface area contributed by atoms with Crippen molar-refractivity contribution in [1.82, 2.24) is 15.0 Å². The molecule has 82 valence electrons. The lowest BCUT2D eigenvalue weighted by atomic mass is 10.2. The molecule has 3 heterocycles. The van der Waals surface area contributed by atoms with Crippen LogP contribution >= 0.6 is 11.3 Å². The van der Waals surface area contributed by atoms with Gasteiger partial charge in [-0.1, -0.05) is 6.07 Å². The van der Waals surface area contributed by atoms with Crippen LogP contribution < -0.4 is 0 Å². The lowest BCUT2D eigenvalue weighted by Gasteiger charge is -1.95. The minimum absolute atomic E-state index is 1.00. The van der Waals surface area contributed by atoms with Crippen molar-refractivity contribution in [3.63, 3.8) is 0 Å². The summed E-state index contributed by atoms with van der Waals surface area (Å²) >= 11 is 1.70. The first-order chi connectivity index (χ1) is 8.43. The molecule has 0 spiro atoms. The number of rotatable bonds is 2. The highest BCUT2D eigenvalue weighted by Gasteiger charge is 2.05. The van der Waals surface area contributed by atoms with Gasteiger partial charge >= 0.3 is 0 Å². The normalized spacial score (nSPS) is 10.4. The van der Waals surface area contributed by atoms with Gasteiger partial charge in [-0.15, -0.1) is 11.3 Å². The third-order valence-electron chi connectivity index (χ3n) is 2.37. The third-order valence-corrected chi connectivity index (χ3v) is 3.53. The van der Waals surface area contributed by atoms with E-state index < -0.39 is 0 Å². The van der Waals surface area contributed by atoms with E-state index >= 15 is 0 Å². The van der Waals surface area contributed by atoms with E-state index in [0.717, 1.165) is 21.0 Å². The Morgan fingerprint density at radius 1 is 0.882 bits per heavy atom. The van der Waals surface area contributed by atoms with Crippen LogP contribution in [0.4, 0.5) is 0 Å². The van der Waals surface area contributed by atoms with Gasteiger partial charge in [-0.3, -0.25) is 4.98 Å². The molecule has 0 fully saturated rings. The first-order valence-corrected chi connectivity index (χ1v) is 6.02. The molecule has 3 rings (SSSR count). The molecule has 3 aromatic rings. The van der Waals surface area contributed by atoms with Crippen molar-refractivity contribution in [2.24, 2.45) is 0 Å². The SMILES string of the molecule is c1ccc(-c2ccc(-c3cncnc3)s2)nc1. The van der Waals surface area contributed by atoms with Crippen molar-refractivity contribution in [3.05, 3.63) is 55.2 Å². The second-order valence-corrected chi connectivity index (χ2v) is 4.59. The molecule has 0 aliphatic rings. The van der Waals surface area contributed by atoms with Crippen molar-refractivity contribution in [1.29, 1.82) is 0 Å². The molecule has 0 aliphatic carbocycles. The van der Waals surface area contributed by atoms with Crippen LogP contribution in [-0.2, 0) is 0 Å². The highest BCUT2D eigenvalue weighted by atomic mass is 32.1. The molecule has 0 unspecified atom stereocenters. The van der Waals surface area contributed by atoms with Crippen LogP contribution in [0.2, 0.25) is 0 Å². The molecule has 4 heteroatoms. The summed E-state index contributed by atoms with van der Waals surface area (Å²) in [5, 5.41) is 0. The molecule has 0 atom stereocenters. The summed E-state index contributed by atoms with van der Waals surface area (Å²) in [4.78, 5) is 14.7. The first kappa shape index (κ1) is 10.1. The summed E-state index contributed by atoms with van der Waals surface area (Å²) in [7, 11) is 0. The molecule has 0 aromatic carbocycles. The van der Waals surface area contributed by atoms with Crippen molar-refractivity contribution in [2.45, 2.75) is 0 Å². The lowest BCUT2D eigenvalue weighted by Crippen LogP contribution is -1.77. The highest BCUT2D eigenvalue weighted by Crippen LogP contribution is 2.32. The number of hydrogen-bond donors (Lipinski definition) is 0. The molecule has 0 saturated heterocycles. The Morgan fingerprint density at radius 2 is 1.71 bits per heavy atom. The minimum Gasteiger partial charge on any atom is -0.255 e. The van der Waals surface area contributed by atoms with Gasteiger partial charge in [0.15, 0.2) is 0 Å². The summed E-state index contributed by atoms with van der Waals surface area (Å²) < 4.78 is 0. The molecule has 0 saturated carbocycles. The summed E-state index contributed by atoms with van der Waals surface area (Å²) in [6, 6.07) is 10.1. The predicted octanol–water partition coefficient (Wildman–Crippen LogP) is 3.27. The molecule has 0 aliphatic heterocycles. The molecule has 0 radical (unpaired) electrons. The van der Waals surface area contributed by atoms with E-state index in [-0.39, 0.29) is 0 Å². The van der Waals surface area contributed by atoms with E-state index in [1.54, 1.807) is 17.5 Å². The quantitative estimate of drug-likeness (QED) is 0.689. The number of thiophene rings is 1. The zero-order valence-corrected chi connectivity index (χ0v) is 9.76. The largest absolute Gasteiger partial charge is 0.255 e. The van der Waals surface area contributed by atoms with Crippen molar-refractivity contribution in [3.8, 4) is 21.0 Å². The molecule has 3 nitrogen and oxygen atoms in total. The maximum absolute atomic E-state index is 4.34. The smallest absolute Gasteiger partial charge is 0.115 e. The maximum atomic E-state index is 4.34. The van der Waals surface area contributed by atoms with E-state index in [9.17, 15) is 0 Å². The summed E-state index contributed by atoms with van der Waals surface area (Å²) in [5.41, 5.74) is 2.04. The Labute approximate surface area is 103 Å². The van der Waals surface area contributed by atoms with Crippen LogP contribution in [-0.4, -0.2) is 15.0 Å². The fourth-order valence-corrected chi connectivity index (χ4v) is 2.52. The van der Waals surface area contributed by atoms with E-state index in [0.29, 0.717) is 0 Å². The first-order valence-electron chi connectivity index (χ1n) is 5.20. The van der Waals surface area contributed by atoms with Crippen LogP contribution in [0.25, 0.3) is 21.0 Å².